The maximum Gasteiger partial charge on any atom is 0.122 e. The second-order valence-corrected chi connectivity index (χ2v) is 5.49. The molecule has 0 unspecified atom stereocenters. The van der Waals surface area contributed by atoms with Crippen LogP contribution in [0.3, 0.4) is 0 Å². The highest BCUT2D eigenvalue weighted by molar-refractivity contribution is 5.85. The van der Waals surface area contributed by atoms with Crippen LogP contribution >= 0.6 is 0 Å². The van der Waals surface area contributed by atoms with Gasteiger partial charge in [-0.05, 0) is 11.1 Å². The molecule has 3 heteroatoms. The maximum absolute atomic E-state index is 11.4. The van der Waals surface area contributed by atoms with Gasteiger partial charge in [-0.15, -0.1) is 0 Å². The molecule has 3 nitrogen and oxygen atoms in total. The summed E-state index contributed by atoms with van der Waals surface area (Å²) in [5.74, 6) is 0.963. The summed E-state index contributed by atoms with van der Waals surface area (Å²) >= 11 is 0. The van der Waals surface area contributed by atoms with Crippen molar-refractivity contribution in [2.45, 2.75) is 12.0 Å². The highest BCUT2D eigenvalue weighted by atomic mass is 16.3. The van der Waals surface area contributed by atoms with Crippen LogP contribution in [0.25, 0.3) is 0 Å². The normalized spacial score (nSPS) is 15.1. The van der Waals surface area contributed by atoms with Crippen LogP contribution in [0, 0.1) is 0 Å². The molecule has 0 aliphatic carbocycles. The number of aliphatic imine (C=N–C) groups is 1. The lowest BCUT2D eigenvalue weighted by atomic mass is 9.83. The van der Waals surface area contributed by atoms with E-state index < -0.39 is 5.60 Å². The van der Waals surface area contributed by atoms with Gasteiger partial charge in [0.15, 0.2) is 0 Å². The number of hydrogen-bond donors (Lipinski definition) is 1. The summed E-state index contributed by atoms with van der Waals surface area (Å²) in [6.45, 7) is 1.74. The number of rotatable bonds is 4. The molecule has 0 radical (unpaired) electrons. The van der Waals surface area contributed by atoms with Crippen LogP contribution in [0.1, 0.15) is 17.5 Å². The minimum atomic E-state index is -1.04. The summed E-state index contributed by atoms with van der Waals surface area (Å²) in [6, 6.07) is 19.7. The molecule has 0 saturated heterocycles. The molecule has 2 aromatic rings. The smallest absolute Gasteiger partial charge is 0.122 e. The van der Waals surface area contributed by atoms with E-state index in [1.807, 2.05) is 67.7 Å². The van der Waals surface area contributed by atoms with Crippen LogP contribution in [0.5, 0.6) is 0 Å². The Morgan fingerprint density at radius 2 is 1.52 bits per heavy atom. The standard InChI is InChI=1S/C18H20N2O/c1-20-13-12-19-17(20)14-18(21,15-8-4-2-5-9-15)16-10-6-3-7-11-16/h2-11,21H,12-14H2,1H3. The van der Waals surface area contributed by atoms with Gasteiger partial charge in [-0.25, -0.2) is 0 Å². The van der Waals surface area contributed by atoms with E-state index in [0.29, 0.717) is 6.42 Å². The molecule has 1 N–H and O–H groups in total. The van der Waals surface area contributed by atoms with Crippen LogP contribution in [0.4, 0.5) is 0 Å². The first kappa shape index (κ1) is 13.8. The predicted molar refractivity (Wildman–Crippen MR) is 85.4 cm³/mol. The average Bonchev–Trinajstić information content (AvgIpc) is 2.94. The molecule has 0 spiro atoms. The third-order valence-electron chi connectivity index (χ3n) is 4.09. The second kappa shape index (κ2) is 5.70. The molecule has 0 aromatic heterocycles. The van der Waals surface area contributed by atoms with Crippen molar-refractivity contribution in [3.05, 3.63) is 71.8 Å². The van der Waals surface area contributed by atoms with Gasteiger partial charge < -0.3 is 10.0 Å². The van der Waals surface area contributed by atoms with E-state index in [9.17, 15) is 5.11 Å². The molecule has 0 bridgehead atoms. The van der Waals surface area contributed by atoms with Gasteiger partial charge in [0.2, 0.25) is 0 Å². The van der Waals surface area contributed by atoms with Gasteiger partial charge in [0.05, 0.1) is 6.54 Å². The summed E-state index contributed by atoms with van der Waals surface area (Å²) in [7, 11) is 2.03. The highest BCUT2D eigenvalue weighted by Crippen LogP contribution is 2.34. The fourth-order valence-corrected chi connectivity index (χ4v) is 2.80. The third kappa shape index (κ3) is 2.69. The largest absolute Gasteiger partial charge is 0.380 e. The monoisotopic (exact) mass is 280 g/mol. The number of aliphatic hydroxyl groups is 1. The van der Waals surface area contributed by atoms with E-state index in [2.05, 4.69) is 9.89 Å². The molecular weight excluding hydrogens is 260 g/mol. The number of amidine groups is 1. The van der Waals surface area contributed by atoms with Crippen LogP contribution in [0.2, 0.25) is 0 Å². The third-order valence-corrected chi connectivity index (χ3v) is 4.09. The van der Waals surface area contributed by atoms with Crippen molar-refractivity contribution in [1.82, 2.24) is 4.90 Å². The van der Waals surface area contributed by atoms with Crippen molar-refractivity contribution >= 4 is 5.84 Å². The molecule has 3 rings (SSSR count). The zero-order valence-electron chi connectivity index (χ0n) is 12.2. The molecule has 0 fully saturated rings. The van der Waals surface area contributed by atoms with Crippen LogP contribution in [0.15, 0.2) is 65.7 Å². The quantitative estimate of drug-likeness (QED) is 0.934. The Balaban J connectivity index is 2.03. The van der Waals surface area contributed by atoms with E-state index in [0.717, 1.165) is 30.1 Å². The number of benzene rings is 2. The Morgan fingerprint density at radius 3 is 1.95 bits per heavy atom. The van der Waals surface area contributed by atoms with Gasteiger partial charge in [0.25, 0.3) is 0 Å². The molecule has 1 aliphatic heterocycles. The van der Waals surface area contributed by atoms with Gasteiger partial charge in [-0.1, -0.05) is 60.7 Å². The summed E-state index contributed by atoms with van der Waals surface area (Å²) < 4.78 is 0. The molecule has 1 heterocycles. The summed E-state index contributed by atoms with van der Waals surface area (Å²) in [5.41, 5.74) is 0.762. The first-order valence-corrected chi connectivity index (χ1v) is 7.28. The van der Waals surface area contributed by atoms with Gasteiger partial charge in [0.1, 0.15) is 11.4 Å². The summed E-state index contributed by atoms with van der Waals surface area (Å²) in [5, 5.41) is 11.4. The topological polar surface area (TPSA) is 35.8 Å². The lowest BCUT2D eigenvalue weighted by molar-refractivity contribution is 0.0866. The van der Waals surface area contributed by atoms with Crippen molar-refractivity contribution < 1.29 is 5.11 Å². The predicted octanol–water partition coefficient (Wildman–Crippen LogP) is 2.66. The Morgan fingerprint density at radius 1 is 1.00 bits per heavy atom. The van der Waals surface area contributed by atoms with Crippen molar-refractivity contribution in [3.63, 3.8) is 0 Å². The Labute approximate surface area is 125 Å². The first-order valence-electron chi connectivity index (χ1n) is 7.28. The van der Waals surface area contributed by atoms with Crippen LogP contribution < -0.4 is 0 Å². The van der Waals surface area contributed by atoms with Crippen molar-refractivity contribution in [2.24, 2.45) is 4.99 Å². The molecule has 21 heavy (non-hydrogen) atoms. The summed E-state index contributed by atoms with van der Waals surface area (Å²) in [4.78, 5) is 6.66. The van der Waals surface area contributed by atoms with Crippen molar-refractivity contribution in [1.29, 1.82) is 0 Å². The van der Waals surface area contributed by atoms with E-state index in [1.165, 1.54) is 0 Å². The molecule has 2 aromatic carbocycles. The molecular formula is C18H20N2O. The van der Waals surface area contributed by atoms with Crippen molar-refractivity contribution in [2.75, 3.05) is 20.1 Å². The number of hydrogen-bond acceptors (Lipinski definition) is 3. The highest BCUT2D eigenvalue weighted by Gasteiger charge is 2.34. The lowest BCUT2D eigenvalue weighted by Gasteiger charge is -2.31. The molecule has 0 saturated carbocycles. The second-order valence-electron chi connectivity index (χ2n) is 5.49. The summed E-state index contributed by atoms with van der Waals surface area (Å²) in [6.07, 6.45) is 0.498. The molecule has 0 atom stereocenters. The van der Waals surface area contributed by atoms with Crippen LogP contribution in [-0.2, 0) is 5.60 Å². The van der Waals surface area contributed by atoms with E-state index >= 15 is 0 Å². The molecule has 0 amide bonds. The Kier molecular flexibility index (Phi) is 3.76. The van der Waals surface area contributed by atoms with Gasteiger partial charge in [-0.3, -0.25) is 4.99 Å². The minimum absolute atomic E-state index is 0.498. The van der Waals surface area contributed by atoms with E-state index in [-0.39, 0.29) is 0 Å². The van der Waals surface area contributed by atoms with Gasteiger partial charge in [0, 0.05) is 20.0 Å². The lowest BCUT2D eigenvalue weighted by Crippen LogP contribution is -2.35. The fourth-order valence-electron chi connectivity index (χ4n) is 2.80. The minimum Gasteiger partial charge on any atom is -0.380 e. The zero-order valence-corrected chi connectivity index (χ0v) is 12.2. The molecule has 1 aliphatic rings. The Bertz CT molecular complexity index is 583. The van der Waals surface area contributed by atoms with E-state index in [4.69, 9.17) is 0 Å². The van der Waals surface area contributed by atoms with Crippen LogP contribution in [-0.4, -0.2) is 36.0 Å². The Hall–Kier alpha value is -2.13. The first-order chi connectivity index (χ1) is 10.2. The van der Waals surface area contributed by atoms with Gasteiger partial charge in [-0.2, -0.15) is 0 Å². The molecule has 108 valence electrons. The van der Waals surface area contributed by atoms with E-state index in [1.54, 1.807) is 0 Å². The SMILES string of the molecule is CN1CCN=C1CC(O)(c1ccccc1)c1ccccc1. The fraction of sp³-hybridized carbons (Fsp3) is 0.278. The zero-order chi connectivity index (χ0) is 14.7. The number of likely N-dealkylation sites (N-methyl/N-ethyl adjacent to an activating group) is 1. The number of nitrogens with zero attached hydrogens (tertiary/aromatic N) is 2. The van der Waals surface area contributed by atoms with Gasteiger partial charge >= 0.3 is 0 Å². The average molecular weight is 280 g/mol. The van der Waals surface area contributed by atoms with Crippen molar-refractivity contribution in [3.8, 4) is 0 Å². The maximum atomic E-state index is 11.4.